The molecule has 0 saturated carbocycles. The van der Waals surface area contributed by atoms with Crippen LogP contribution in [0, 0.1) is 6.92 Å². The lowest BCUT2D eigenvalue weighted by atomic mass is 10.0. The smallest absolute Gasteiger partial charge is 0.223 e. The molecule has 0 spiro atoms. The molecule has 6 nitrogen and oxygen atoms in total. The van der Waals surface area contributed by atoms with E-state index >= 15 is 0 Å². The number of aliphatic hydroxyl groups excluding tert-OH is 1. The van der Waals surface area contributed by atoms with E-state index in [1.165, 1.54) is 5.56 Å². The Kier molecular flexibility index (Phi) is 6.12. The SMILES string of the molecule is Cc1ccc(-c2nc(NCCN3CCC[C@@H](O)C3)ncc2-c2cccnc2)cc1. The number of nitrogens with one attached hydrogen (secondary N) is 1. The van der Waals surface area contributed by atoms with Gasteiger partial charge in [0.2, 0.25) is 5.95 Å². The maximum atomic E-state index is 9.82. The first kappa shape index (κ1) is 19.5. The van der Waals surface area contributed by atoms with Gasteiger partial charge in [0.05, 0.1) is 11.8 Å². The summed E-state index contributed by atoms with van der Waals surface area (Å²) in [5.41, 5.74) is 5.12. The van der Waals surface area contributed by atoms with Gasteiger partial charge in [0.15, 0.2) is 0 Å². The first-order valence-electron chi connectivity index (χ1n) is 10.2. The van der Waals surface area contributed by atoms with Crippen molar-refractivity contribution in [2.45, 2.75) is 25.9 Å². The molecule has 2 aromatic heterocycles. The van der Waals surface area contributed by atoms with E-state index < -0.39 is 0 Å². The number of hydrogen-bond donors (Lipinski definition) is 2. The molecule has 3 aromatic rings. The van der Waals surface area contributed by atoms with Crippen LogP contribution in [0.3, 0.4) is 0 Å². The zero-order valence-electron chi connectivity index (χ0n) is 16.8. The van der Waals surface area contributed by atoms with Crippen LogP contribution in [0.1, 0.15) is 18.4 Å². The minimum absolute atomic E-state index is 0.202. The summed E-state index contributed by atoms with van der Waals surface area (Å²) in [5, 5.41) is 13.2. The molecule has 29 heavy (non-hydrogen) atoms. The lowest BCUT2D eigenvalue weighted by Gasteiger charge is -2.29. The Bertz CT molecular complexity index is 930. The fraction of sp³-hybridized carbons (Fsp3) is 0.348. The van der Waals surface area contributed by atoms with Gasteiger partial charge in [-0.1, -0.05) is 35.9 Å². The molecule has 1 saturated heterocycles. The van der Waals surface area contributed by atoms with Gasteiger partial charge in [0, 0.05) is 54.9 Å². The number of piperidine rings is 1. The second kappa shape index (κ2) is 9.11. The highest BCUT2D eigenvalue weighted by Crippen LogP contribution is 2.30. The number of benzene rings is 1. The van der Waals surface area contributed by atoms with Crippen molar-refractivity contribution < 1.29 is 5.11 Å². The van der Waals surface area contributed by atoms with Gasteiger partial charge in [-0.05, 0) is 32.4 Å². The predicted octanol–water partition coefficient (Wildman–Crippen LogP) is 3.38. The van der Waals surface area contributed by atoms with Crippen molar-refractivity contribution >= 4 is 5.95 Å². The molecule has 1 aliphatic rings. The monoisotopic (exact) mass is 389 g/mol. The Morgan fingerprint density at radius 1 is 1.14 bits per heavy atom. The average molecular weight is 390 g/mol. The van der Waals surface area contributed by atoms with E-state index in [4.69, 9.17) is 4.98 Å². The third-order valence-corrected chi connectivity index (χ3v) is 5.28. The minimum Gasteiger partial charge on any atom is -0.392 e. The second-order valence-corrected chi connectivity index (χ2v) is 7.59. The topological polar surface area (TPSA) is 74.2 Å². The van der Waals surface area contributed by atoms with E-state index in [-0.39, 0.29) is 6.10 Å². The van der Waals surface area contributed by atoms with Crippen LogP contribution in [0.5, 0.6) is 0 Å². The van der Waals surface area contributed by atoms with Crippen LogP contribution in [-0.4, -0.2) is 57.2 Å². The molecule has 1 aromatic carbocycles. The molecule has 3 heterocycles. The molecule has 0 radical (unpaired) electrons. The molecule has 0 aliphatic carbocycles. The fourth-order valence-electron chi connectivity index (χ4n) is 3.69. The third kappa shape index (κ3) is 4.96. The fourth-order valence-corrected chi connectivity index (χ4v) is 3.69. The molecule has 1 aliphatic heterocycles. The normalized spacial score (nSPS) is 17.2. The van der Waals surface area contributed by atoms with Crippen LogP contribution in [0.2, 0.25) is 0 Å². The summed E-state index contributed by atoms with van der Waals surface area (Å²) in [6.07, 6.45) is 7.23. The van der Waals surface area contributed by atoms with Crippen molar-refractivity contribution in [2.75, 3.05) is 31.5 Å². The average Bonchev–Trinajstić information content (AvgIpc) is 2.75. The highest BCUT2D eigenvalue weighted by atomic mass is 16.3. The first-order chi connectivity index (χ1) is 14.2. The van der Waals surface area contributed by atoms with Crippen molar-refractivity contribution in [3.8, 4) is 22.4 Å². The summed E-state index contributed by atoms with van der Waals surface area (Å²) < 4.78 is 0. The number of aliphatic hydroxyl groups is 1. The molecule has 1 atom stereocenters. The minimum atomic E-state index is -0.202. The quantitative estimate of drug-likeness (QED) is 0.673. The highest BCUT2D eigenvalue weighted by Gasteiger charge is 2.17. The summed E-state index contributed by atoms with van der Waals surface area (Å²) in [4.78, 5) is 15.9. The molecular weight excluding hydrogens is 362 g/mol. The van der Waals surface area contributed by atoms with Crippen LogP contribution in [0.4, 0.5) is 5.95 Å². The summed E-state index contributed by atoms with van der Waals surface area (Å²) in [6.45, 7) is 5.47. The van der Waals surface area contributed by atoms with Crippen molar-refractivity contribution in [3.63, 3.8) is 0 Å². The number of aryl methyl sites for hydroxylation is 1. The lowest BCUT2D eigenvalue weighted by molar-refractivity contribution is 0.0730. The van der Waals surface area contributed by atoms with E-state index in [1.807, 2.05) is 24.5 Å². The summed E-state index contributed by atoms with van der Waals surface area (Å²) in [5.74, 6) is 0.616. The van der Waals surface area contributed by atoms with Gasteiger partial charge in [-0.2, -0.15) is 0 Å². The van der Waals surface area contributed by atoms with Crippen LogP contribution in [0.25, 0.3) is 22.4 Å². The first-order valence-corrected chi connectivity index (χ1v) is 10.2. The molecule has 150 valence electrons. The van der Waals surface area contributed by atoms with Gasteiger partial charge in [0.1, 0.15) is 0 Å². The molecule has 4 rings (SSSR count). The number of hydrogen-bond acceptors (Lipinski definition) is 6. The number of rotatable bonds is 6. The van der Waals surface area contributed by atoms with E-state index in [9.17, 15) is 5.11 Å². The number of likely N-dealkylation sites (tertiary alicyclic amines) is 1. The Morgan fingerprint density at radius 2 is 2.00 bits per heavy atom. The van der Waals surface area contributed by atoms with Gasteiger partial charge in [-0.15, -0.1) is 0 Å². The number of pyridine rings is 1. The predicted molar refractivity (Wildman–Crippen MR) is 116 cm³/mol. The largest absolute Gasteiger partial charge is 0.392 e. The molecule has 0 unspecified atom stereocenters. The van der Waals surface area contributed by atoms with Crippen LogP contribution < -0.4 is 5.32 Å². The number of nitrogens with zero attached hydrogens (tertiary/aromatic N) is 4. The third-order valence-electron chi connectivity index (χ3n) is 5.28. The maximum absolute atomic E-state index is 9.82. The molecule has 6 heteroatoms. The molecule has 0 bridgehead atoms. The Balaban J connectivity index is 1.54. The Labute approximate surface area is 171 Å². The molecular formula is C23H27N5O. The van der Waals surface area contributed by atoms with Crippen molar-refractivity contribution in [3.05, 3.63) is 60.6 Å². The van der Waals surface area contributed by atoms with Gasteiger partial charge < -0.3 is 10.4 Å². The van der Waals surface area contributed by atoms with Crippen LogP contribution in [0.15, 0.2) is 55.0 Å². The molecule has 2 N–H and O–H groups in total. The van der Waals surface area contributed by atoms with Gasteiger partial charge in [-0.3, -0.25) is 9.88 Å². The summed E-state index contributed by atoms with van der Waals surface area (Å²) in [6, 6.07) is 12.3. The number of aromatic nitrogens is 3. The Morgan fingerprint density at radius 3 is 2.76 bits per heavy atom. The van der Waals surface area contributed by atoms with Crippen molar-refractivity contribution in [2.24, 2.45) is 0 Å². The van der Waals surface area contributed by atoms with Gasteiger partial charge in [-0.25, -0.2) is 9.97 Å². The summed E-state index contributed by atoms with van der Waals surface area (Å²) in [7, 11) is 0. The van der Waals surface area contributed by atoms with Crippen LogP contribution >= 0.6 is 0 Å². The molecule has 1 fully saturated rings. The summed E-state index contributed by atoms with van der Waals surface area (Å²) >= 11 is 0. The lowest BCUT2D eigenvalue weighted by Crippen LogP contribution is -2.40. The van der Waals surface area contributed by atoms with Gasteiger partial charge >= 0.3 is 0 Å². The van der Waals surface area contributed by atoms with Crippen molar-refractivity contribution in [1.29, 1.82) is 0 Å². The number of β-amino-alcohol motifs (C(OH)–C–C–N with tert-alkyl or cyclic N) is 1. The number of anilines is 1. The van der Waals surface area contributed by atoms with E-state index in [0.717, 1.165) is 61.4 Å². The Hall–Kier alpha value is -2.83. The van der Waals surface area contributed by atoms with E-state index in [1.54, 1.807) is 6.20 Å². The second-order valence-electron chi connectivity index (χ2n) is 7.59. The van der Waals surface area contributed by atoms with E-state index in [0.29, 0.717) is 5.95 Å². The standard InChI is InChI=1S/C23H27N5O/c1-17-6-8-18(9-7-17)22-21(19-4-2-10-24-14-19)15-26-23(27-22)25-11-13-28-12-3-5-20(29)16-28/h2,4,6-10,14-15,20,29H,3,5,11-13,16H2,1H3,(H,25,26,27)/t20-/m1/s1. The highest BCUT2D eigenvalue weighted by molar-refractivity contribution is 5.80. The zero-order valence-corrected chi connectivity index (χ0v) is 16.8. The van der Waals surface area contributed by atoms with E-state index in [2.05, 4.69) is 51.4 Å². The van der Waals surface area contributed by atoms with Crippen LogP contribution in [-0.2, 0) is 0 Å². The maximum Gasteiger partial charge on any atom is 0.223 e. The van der Waals surface area contributed by atoms with Gasteiger partial charge in [0.25, 0.3) is 0 Å². The van der Waals surface area contributed by atoms with Crippen molar-refractivity contribution in [1.82, 2.24) is 19.9 Å². The zero-order chi connectivity index (χ0) is 20.1. The molecule has 0 amide bonds.